The number of carbonyl (C=O) groups excluding carboxylic acids is 1. The summed E-state index contributed by atoms with van der Waals surface area (Å²) < 4.78 is 1.82. The predicted octanol–water partition coefficient (Wildman–Crippen LogP) is 4.96. The molecule has 0 fully saturated rings. The van der Waals surface area contributed by atoms with Crippen LogP contribution in [-0.4, -0.2) is 5.91 Å². The number of halogens is 3. The van der Waals surface area contributed by atoms with Crippen molar-refractivity contribution in [2.45, 2.75) is 0 Å². The van der Waals surface area contributed by atoms with Gasteiger partial charge in [-0.2, -0.15) is 0 Å². The quantitative estimate of drug-likeness (QED) is 0.663. The molecule has 0 aliphatic heterocycles. The SMILES string of the molecule is O=C(Nc1ccc(I)cc1)c1cccc(Br)c1Cl. The third-order valence-electron chi connectivity index (χ3n) is 2.30. The molecule has 92 valence electrons. The Kier molecular flexibility index (Phi) is 4.64. The van der Waals surface area contributed by atoms with Crippen molar-refractivity contribution in [1.82, 2.24) is 0 Å². The molecule has 0 bridgehead atoms. The molecule has 2 nitrogen and oxygen atoms in total. The highest BCUT2D eigenvalue weighted by Gasteiger charge is 2.12. The van der Waals surface area contributed by atoms with E-state index in [0.29, 0.717) is 15.1 Å². The number of rotatable bonds is 2. The highest BCUT2D eigenvalue weighted by atomic mass is 127. The molecule has 0 saturated carbocycles. The smallest absolute Gasteiger partial charge is 0.257 e. The molecule has 0 saturated heterocycles. The number of anilines is 1. The van der Waals surface area contributed by atoms with Crippen molar-refractivity contribution in [3.8, 4) is 0 Å². The minimum absolute atomic E-state index is 0.220. The average molecular weight is 436 g/mol. The molecule has 5 heteroatoms. The van der Waals surface area contributed by atoms with Crippen molar-refractivity contribution in [3.05, 3.63) is 61.1 Å². The van der Waals surface area contributed by atoms with Crippen LogP contribution in [0.2, 0.25) is 5.02 Å². The summed E-state index contributed by atoms with van der Waals surface area (Å²) in [6, 6.07) is 12.8. The number of carbonyl (C=O) groups is 1. The summed E-state index contributed by atoms with van der Waals surface area (Å²) in [5.41, 5.74) is 1.20. The van der Waals surface area contributed by atoms with Crippen LogP contribution in [0.4, 0.5) is 5.69 Å². The van der Waals surface area contributed by atoms with Gasteiger partial charge in [0.25, 0.3) is 5.91 Å². The molecular formula is C13H8BrClINO. The Hall–Kier alpha value is -0.590. The van der Waals surface area contributed by atoms with Crippen LogP contribution in [0.3, 0.4) is 0 Å². The van der Waals surface area contributed by atoms with Crippen LogP contribution in [0, 0.1) is 3.57 Å². The van der Waals surface area contributed by atoms with Crippen molar-refractivity contribution in [2.24, 2.45) is 0 Å². The zero-order valence-corrected chi connectivity index (χ0v) is 13.6. The number of benzene rings is 2. The minimum Gasteiger partial charge on any atom is -0.322 e. The second kappa shape index (κ2) is 6.04. The molecule has 2 aromatic rings. The van der Waals surface area contributed by atoms with E-state index in [1.54, 1.807) is 18.2 Å². The normalized spacial score (nSPS) is 10.2. The minimum atomic E-state index is -0.220. The van der Waals surface area contributed by atoms with Crippen LogP contribution < -0.4 is 5.32 Å². The maximum absolute atomic E-state index is 12.1. The van der Waals surface area contributed by atoms with Gasteiger partial charge in [0, 0.05) is 13.7 Å². The second-order valence-electron chi connectivity index (χ2n) is 3.56. The topological polar surface area (TPSA) is 29.1 Å². The van der Waals surface area contributed by atoms with Crippen LogP contribution in [0.5, 0.6) is 0 Å². The van der Waals surface area contributed by atoms with E-state index in [2.05, 4.69) is 43.8 Å². The van der Waals surface area contributed by atoms with E-state index in [1.807, 2.05) is 24.3 Å². The van der Waals surface area contributed by atoms with Crippen LogP contribution in [0.25, 0.3) is 0 Å². The molecular weight excluding hydrogens is 428 g/mol. The van der Waals surface area contributed by atoms with Crippen molar-refractivity contribution in [3.63, 3.8) is 0 Å². The molecule has 2 aromatic carbocycles. The van der Waals surface area contributed by atoms with E-state index in [9.17, 15) is 4.79 Å². The Labute approximate surface area is 132 Å². The van der Waals surface area contributed by atoms with E-state index >= 15 is 0 Å². The molecule has 2 rings (SSSR count). The van der Waals surface area contributed by atoms with Gasteiger partial charge in [-0.15, -0.1) is 0 Å². The molecule has 0 atom stereocenters. The molecule has 0 heterocycles. The summed E-state index contributed by atoms with van der Waals surface area (Å²) in [5, 5.41) is 3.22. The summed E-state index contributed by atoms with van der Waals surface area (Å²) in [4.78, 5) is 12.1. The van der Waals surface area contributed by atoms with Crippen molar-refractivity contribution >= 4 is 61.7 Å². The third-order valence-corrected chi connectivity index (χ3v) is 4.31. The van der Waals surface area contributed by atoms with E-state index < -0.39 is 0 Å². The highest BCUT2D eigenvalue weighted by Crippen LogP contribution is 2.26. The predicted molar refractivity (Wildman–Crippen MR) is 86.3 cm³/mol. The molecule has 1 amide bonds. The summed E-state index contributed by atoms with van der Waals surface area (Å²) in [6.07, 6.45) is 0. The molecule has 0 radical (unpaired) electrons. The summed E-state index contributed by atoms with van der Waals surface area (Å²) in [7, 11) is 0. The van der Waals surface area contributed by atoms with E-state index in [4.69, 9.17) is 11.6 Å². The molecule has 0 aliphatic carbocycles. The molecule has 0 aromatic heterocycles. The Morgan fingerprint density at radius 2 is 1.83 bits per heavy atom. The summed E-state index contributed by atoms with van der Waals surface area (Å²) in [6.45, 7) is 0. The molecule has 0 spiro atoms. The summed E-state index contributed by atoms with van der Waals surface area (Å²) >= 11 is 11.6. The number of nitrogens with one attached hydrogen (secondary N) is 1. The van der Waals surface area contributed by atoms with Crippen LogP contribution in [0.1, 0.15) is 10.4 Å². The van der Waals surface area contributed by atoms with Gasteiger partial charge in [0.2, 0.25) is 0 Å². The Morgan fingerprint density at radius 1 is 1.17 bits per heavy atom. The van der Waals surface area contributed by atoms with Gasteiger partial charge in [0.1, 0.15) is 0 Å². The van der Waals surface area contributed by atoms with Crippen LogP contribution >= 0.6 is 50.1 Å². The largest absolute Gasteiger partial charge is 0.322 e. The summed E-state index contributed by atoms with van der Waals surface area (Å²) in [5.74, 6) is -0.220. The Bertz CT molecular complexity index is 586. The highest BCUT2D eigenvalue weighted by molar-refractivity contribution is 14.1. The number of hydrogen-bond donors (Lipinski definition) is 1. The van der Waals surface area contributed by atoms with Crippen molar-refractivity contribution < 1.29 is 4.79 Å². The average Bonchev–Trinajstić information content (AvgIpc) is 2.35. The number of amides is 1. The van der Waals surface area contributed by atoms with E-state index in [0.717, 1.165) is 9.26 Å². The van der Waals surface area contributed by atoms with Crippen LogP contribution in [-0.2, 0) is 0 Å². The van der Waals surface area contributed by atoms with Gasteiger partial charge < -0.3 is 5.32 Å². The van der Waals surface area contributed by atoms with E-state index in [-0.39, 0.29) is 5.91 Å². The fraction of sp³-hybridized carbons (Fsp3) is 0. The van der Waals surface area contributed by atoms with Gasteiger partial charge in [-0.3, -0.25) is 4.79 Å². The van der Waals surface area contributed by atoms with Crippen LogP contribution in [0.15, 0.2) is 46.9 Å². The fourth-order valence-electron chi connectivity index (χ4n) is 1.41. The van der Waals surface area contributed by atoms with Gasteiger partial charge in [-0.05, 0) is 74.9 Å². The standard InChI is InChI=1S/C13H8BrClINO/c14-11-3-1-2-10(12(11)15)13(18)17-9-6-4-8(16)5-7-9/h1-7H,(H,17,18). The lowest BCUT2D eigenvalue weighted by atomic mass is 10.2. The maximum Gasteiger partial charge on any atom is 0.257 e. The first-order chi connectivity index (χ1) is 8.58. The van der Waals surface area contributed by atoms with Gasteiger partial charge in [-0.1, -0.05) is 17.7 Å². The Balaban J connectivity index is 2.22. The number of hydrogen-bond acceptors (Lipinski definition) is 1. The lowest BCUT2D eigenvalue weighted by Gasteiger charge is -2.07. The van der Waals surface area contributed by atoms with E-state index in [1.165, 1.54) is 0 Å². The van der Waals surface area contributed by atoms with Gasteiger partial charge in [-0.25, -0.2) is 0 Å². The first-order valence-corrected chi connectivity index (χ1v) is 7.34. The molecule has 1 N–H and O–H groups in total. The molecule has 18 heavy (non-hydrogen) atoms. The monoisotopic (exact) mass is 435 g/mol. The fourth-order valence-corrected chi connectivity index (χ4v) is 2.35. The molecule has 0 unspecified atom stereocenters. The molecule has 0 aliphatic rings. The third kappa shape index (κ3) is 3.24. The second-order valence-corrected chi connectivity index (χ2v) is 6.04. The van der Waals surface area contributed by atoms with Gasteiger partial charge in [0.05, 0.1) is 10.6 Å². The van der Waals surface area contributed by atoms with Gasteiger partial charge >= 0.3 is 0 Å². The Morgan fingerprint density at radius 3 is 2.50 bits per heavy atom. The zero-order chi connectivity index (χ0) is 13.1. The lowest BCUT2D eigenvalue weighted by molar-refractivity contribution is 0.102. The van der Waals surface area contributed by atoms with Gasteiger partial charge in [0.15, 0.2) is 0 Å². The van der Waals surface area contributed by atoms with Crippen molar-refractivity contribution in [1.29, 1.82) is 0 Å². The zero-order valence-electron chi connectivity index (χ0n) is 9.08. The first-order valence-electron chi connectivity index (χ1n) is 5.09. The van der Waals surface area contributed by atoms with Crippen molar-refractivity contribution in [2.75, 3.05) is 5.32 Å². The first kappa shape index (κ1) is 13.8. The maximum atomic E-state index is 12.1. The lowest BCUT2D eigenvalue weighted by Crippen LogP contribution is -2.12.